The van der Waals surface area contributed by atoms with Gasteiger partial charge < -0.3 is 9.84 Å². The van der Waals surface area contributed by atoms with Gasteiger partial charge in [-0.15, -0.1) is 6.58 Å². The van der Waals surface area contributed by atoms with Crippen molar-refractivity contribution in [2.24, 2.45) is 11.8 Å². The van der Waals surface area contributed by atoms with E-state index in [1.165, 1.54) is 11.1 Å². The number of aryl methyl sites for hydroxylation is 2. The minimum absolute atomic E-state index is 0.106. The summed E-state index contributed by atoms with van der Waals surface area (Å²) in [7, 11) is 0. The molecule has 0 aromatic heterocycles. The number of hydrogen-bond acceptors (Lipinski definition) is 2. The molecule has 0 saturated carbocycles. The van der Waals surface area contributed by atoms with E-state index < -0.39 is 0 Å². The molecule has 0 amide bonds. The third kappa shape index (κ3) is 4.59. The SMILES string of the molecule is C=C[C@H]1[C@H](CO)[C@@H](CCc2ccccc2)O[C@H]1CCc1ccccc1. The topological polar surface area (TPSA) is 29.5 Å². The lowest BCUT2D eigenvalue weighted by molar-refractivity contribution is 0.0170. The van der Waals surface area contributed by atoms with Gasteiger partial charge in [0, 0.05) is 18.4 Å². The Kier molecular flexibility index (Phi) is 6.43. The van der Waals surface area contributed by atoms with E-state index in [1.54, 1.807) is 0 Å². The number of benzene rings is 2. The van der Waals surface area contributed by atoms with Crippen molar-refractivity contribution >= 4 is 0 Å². The minimum atomic E-state index is 0.106. The second-order valence-corrected chi connectivity index (χ2v) is 6.92. The molecular formula is C23H28O2. The van der Waals surface area contributed by atoms with Crippen LogP contribution in [0.15, 0.2) is 73.3 Å². The highest BCUT2D eigenvalue weighted by Crippen LogP contribution is 2.37. The molecule has 0 bridgehead atoms. The molecule has 1 fully saturated rings. The van der Waals surface area contributed by atoms with Crippen LogP contribution >= 0.6 is 0 Å². The Morgan fingerprint density at radius 1 is 0.840 bits per heavy atom. The fourth-order valence-electron chi connectivity index (χ4n) is 3.96. The molecule has 0 unspecified atom stereocenters. The highest BCUT2D eigenvalue weighted by molar-refractivity contribution is 5.16. The molecule has 4 atom stereocenters. The van der Waals surface area contributed by atoms with E-state index in [2.05, 4.69) is 55.1 Å². The van der Waals surface area contributed by atoms with Crippen molar-refractivity contribution in [2.45, 2.75) is 37.9 Å². The zero-order valence-electron chi connectivity index (χ0n) is 14.8. The zero-order valence-corrected chi connectivity index (χ0v) is 14.8. The summed E-state index contributed by atoms with van der Waals surface area (Å²) in [5.74, 6) is 0.386. The van der Waals surface area contributed by atoms with Gasteiger partial charge in [-0.2, -0.15) is 0 Å². The fraction of sp³-hybridized carbons (Fsp3) is 0.391. The van der Waals surface area contributed by atoms with Gasteiger partial charge in [0.25, 0.3) is 0 Å². The number of rotatable bonds is 8. The van der Waals surface area contributed by atoms with Crippen molar-refractivity contribution in [1.29, 1.82) is 0 Å². The Hall–Kier alpha value is -1.90. The Labute approximate surface area is 151 Å². The van der Waals surface area contributed by atoms with Crippen molar-refractivity contribution in [3.8, 4) is 0 Å². The molecule has 1 aliphatic rings. The van der Waals surface area contributed by atoms with E-state index in [0.717, 1.165) is 25.7 Å². The summed E-state index contributed by atoms with van der Waals surface area (Å²) in [5, 5.41) is 9.91. The van der Waals surface area contributed by atoms with Crippen molar-refractivity contribution in [1.82, 2.24) is 0 Å². The summed E-state index contributed by atoms with van der Waals surface area (Å²) in [5.41, 5.74) is 2.66. The zero-order chi connectivity index (χ0) is 17.5. The summed E-state index contributed by atoms with van der Waals surface area (Å²) >= 11 is 0. The van der Waals surface area contributed by atoms with Crippen molar-refractivity contribution < 1.29 is 9.84 Å². The lowest BCUT2D eigenvalue weighted by Crippen LogP contribution is -2.24. The summed E-state index contributed by atoms with van der Waals surface area (Å²) < 4.78 is 6.38. The summed E-state index contributed by atoms with van der Waals surface area (Å²) in [4.78, 5) is 0. The van der Waals surface area contributed by atoms with Crippen LogP contribution < -0.4 is 0 Å². The standard InChI is InChI=1S/C23H28O2/c1-2-20-21(17-24)23(16-14-19-11-7-4-8-12-19)25-22(20)15-13-18-9-5-3-6-10-18/h2-12,20-24H,1,13-17H2/t20-,21-,22-,23+/m0/s1. The predicted octanol–water partition coefficient (Wildman–Crippen LogP) is 4.43. The van der Waals surface area contributed by atoms with Gasteiger partial charge in [-0.05, 0) is 36.8 Å². The molecule has 1 heterocycles. The van der Waals surface area contributed by atoms with Crippen molar-refractivity contribution in [3.05, 3.63) is 84.4 Å². The molecule has 1 aliphatic heterocycles. The van der Waals surface area contributed by atoms with Gasteiger partial charge in [0.15, 0.2) is 0 Å². The van der Waals surface area contributed by atoms with Crippen LogP contribution in [0.3, 0.4) is 0 Å². The van der Waals surface area contributed by atoms with Gasteiger partial charge in [0.1, 0.15) is 0 Å². The normalized spacial score (nSPS) is 25.8. The average molecular weight is 336 g/mol. The quantitative estimate of drug-likeness (QED) is 0.723. The highest BCUT2D eigenvalue weighted by atomic mass is 16.5. The van der Waals surface area contributed by atoms with Gasteiger partial charge in [-0.3, -0.25) is 0 Å². The molecule has 132 valence electrons. The third-order valence-electron chi connectivity index (χ3n) is 5.35. The van der Waals surface area contributed by atoms with Crippen LogP contribution in [-0.2, 0) is 17.6 Å². The van der Waals surface area contributed by atoms with Gasteiger partial charge in [-0.1, -0.05) is 66.7 Å². The summed E-state index contributed by atoms with van der Waals surface area (Å²) in [6.45, 7) is 4.17. The second kappa shape index (κ2) is 8.98. The number of ether oxygens (including phenoxy) is 1. The number of aliphatic hydroxyl groups is 1. The molecule has 3 rings (SSSR count). The Morgan fingerprint density at radius 2 is 1.36 bits per heavy atom. The minimum Gasteiger partial charge on any atom is -0.396 e. The monoisotopic (exact) mass is 336 g/mol. The predicted molar refractivity (Wildman–Crippen MR) is 102 cm³/mol. The van der Waals surface area contributed by atoms with E-state index in [1.807, 2.05) is 18.2 Å². The van der Waals surface area contributed by atoms with Gasteiger partial charge in [-0.25, -0.2) is 0 Å². The molecule has 0 aliphatic carbocycles. The Bertz CT molecular complexity index is 638. The molecular weight excluding hydrogens is 308 g/mol. The maximum absolute atomic E-state index is 9.91. The number of hydrogen-bond donors (Lipinski definition) is 1. The molecule has 2 heteroatoms. The van der Waals surface area contributed by atoms with Gasteiger partial charge in [0.05, 0.1) is 12.2 Å². The molecule has 2 nitrogen and oxygen atoms in total. The maximum atomic E-state index is 9.91. The van der Waals surface area contributed by atoms with Crippen LogP contribution in [0.25, 0.3) is 0 Å². The molecule has 2 aromatic carbocycles. The van der Waals surface area contributed by atoms with Crippen LogP contribution in [0.1, 0.15) is 24.0 Å². The first kappa shape index (κ1) is 17.9. The van der Waals surface area contributed by atoms with E-state index >= 15 is 0 Å². The maximum Gasteiger partial charge on any atom is 0.0649 e. The van der Waals surface area contributed by atoms with E-state index in [-0.39, 0.29) is 30.7 Å². The lowest BCUT2D eigenvalue weighted by atomic mass is 9.84. The first-order valence-electron chi connectivity index (χ1n) is 9.28. The fourth-order valence-corrected chi connectivity index (χ4v) is 3.96. The molecule has 1 saturated heterocycles. The van der Waals surface area contributed by atoms with Crippen molar-refractivity contribution in [2.75, 3.05) is 6.61 Å². The lowest BCUT2D eigenvalue weighted by Gasteiger charge is -2.19. The van der Waals surface area contributed by atoms with Gasteiger partial charge in [0.2, 0.25) is 0 Å². The van der Waals surface area contributed by atoms with Gasteiger partial charge >= 0.3 is 0 Å². The second-order valence-electron chi connectivity index (χ2n) is 6.92. The molecule has 2 aromatic rings. The Balaban J connectivity index is 1.60. The van der Waals surface area contributed by atoms with Crippen LogP contribution in [0, 0.1) is 11.8 Å². The molecule has 25 heavy (non-hydrogen) atoms. The number of aliphatic hydroxyl groups excluding tert-OH is 1. The van der Waals surface area contributed by atoms with Crippen LogP contribution in [0.4, 0.5) is 0 Å². The summed E-state index contributed by atoms with van der Waals surface area (Å²) in [6.07, 6.45) is 6.14. The average Bonchev–Trinajstić information content (AvgIpc) is 3.03. The smallest absolute Gasteiger partial charge is 0.0649 e. The highest BCUT2D eigenvalue weighted by Gasteiger charge is 2.41. The van der Waals surface area contributed by atoms with Crippen LogP contribution in [0.5, 0.6) is 0 Å². The third-order valence-corrected chi connectivity index (χ3v) is 5.35. The molecule has 0 radical (unpaired) electrons. The van der Waals surface area contributed by atoms with E-state index in [4.69, 9.17) is 4.74 Å². The largest absolute Gasteiger partial charge is 0.396 e. The van der Waals surface area contributed by atoms with E-state index in [0.29, 0.717) is 0 Å². The Morgan fingerprint density at radius 3 is 1.84 bits per heavy atom. The molecule has 1 N–H and O–H groups in total. The van der Waals surface area contributed by atoms with E-state index in [9.17, 15) is 5.11 Å². The van der Waals surface area contributed by atoms with Crippen LogP contribution in [0.2, 0.25) is 0 Å². The first-order chi connectivity index (χ1) is 12.3. The summed E-state index contributed by atoms with van der Waals surface area (Å²) in [6, 6.07) is 21.0. The van der Waals surface area contributed by atoms with Crippen LogP contribution in [-0.4, -0.2) is 23.9 Å². The molecule has 0 spiro atoms. The van der Waals surface area contributed by atoms with Crippen molar-refractivity contribution in [3.63, 3.8) is 0 Å². The first-order valence-corrected chi connectivity index (χ1v) is 9.28.